The monoisotopic (exact) mass is 267 g/mol. The van der Waals surface area contributed by atoms with E-state index in [9.17, 15) is 0 Å². The lowest BCUT2D eigenvalue weighted by molar-refractivity contribution is 0.510. The van der Waals surface area contributed by atoms with Gasteiger partial charge in [-0.2, -0.15) is 10.1 Å². The van der Waals surface area contributed by atoms with E-state index in [1.54, 1.807) is 28.3 Å². The highest BCUT2D eigenvalue weighted by molar-refractivity contribution is 7.10. The standard InChI is InChI=1S/C13H9N5S/c14-8-10-3-5-11(6-4-10)13(12-2-1-7-19-12)18-16-9-15-17-18/h1-7,9,13H. The van der Waals surface area contributed by atoms with Gasteiger partial charge in [0.25, 0.3) is 0 Å². The molecule has 0 N–H and O–H groups in total. The Morgan fingerprint density at radius 1 is 1.21 bits per heavy atom. The zero-order chi connectivity index (χ0) is 13.1. The second-order valence-electron chi connectivity index (χ2n) is 3.91. The fourth-order valence-corrected chi connectivity index (χ4v) is 2.72. The number of tetrazole rings is 1. The SMILES string of the molecule is N#Cc1ccc(C(c2cccs2)n2ncnn2)cc1. The highest BCUT2D eigenvalue weighted by Crippen LogP contribution is 2.28. The summed E-state index contributed by atoms with van der Waals surface area (Å²) in [4.78, 5) is 2.70. The van der Waals surface area contributed by atoms with Crippen molar-refractivity contribution in [2.24, 2.45) is 0 Å². The minimum Gasteiger partial charge on any atom is -0.192 e. The van der Waals surface area contributed by atoms with Gasteiger partial charge in [-0.25, -0.2) is 0 Å². The summed E-state index contributed by atoms with van der Waals surface area (Å²) in [5.74, 6) is 0. The lowest BCUT2D eigenvalue weighted by atomic mass is 10.0. The largest absolute Gasteiger partial charge is 0.192 e. The number of benzene rings is 1. The van der Waals surface area contributed by atoms with E-state index in [4.69, 9.17) is 5.26 Å². The predicted octanol–water partition coefficient (Wildman–Crippen LogP) is 2.24. The molecule has 3 rings (SSSR count). The summed E-state index contributed by atoms with van der Waals surface area (Å²) in [5, 5.41) is 22.7. The summed E-state index contributed by atoms with van der Waals surface area (Å²) in [5.41, 5.74) is 1.67. The molecule has 0 saturated carbocycles. The highest BCUT2D eigenvalue weighted by atomic mass is 32.1. The third-order valence-electron chi connectivity index (χ3n) is 2.76. The van der Waals surface area contributed by atoms with Gasteiger partial charge in [-0.15, -0.1) is 21.5 Å². The van der Waals surface area contributed by atoms with Crippen LogP contribution in [0.3, 0.4) is 0 Å². The van der Waals surface area contributed by atoms with Gasteiger partial charge in [-0.3, -0.25) is 0 Å². The van der Waals surface area contributed by atoms with Crippen LogP contribution in [-0.2, 0) is 0 Å². The van der Waals surface area contributed by atoms with Crippen molar-refractivity contribution in [2.45, 2.75) is 6.04 Å². The molecule has 0 saturated heterocycles. The summed E-state index contributed by atoms with van der Waals surface area (Å²) in [6.07, 6.45) is 1.42. The summed E-state index contributed by atoms with van der Waals surface area (Å²) >= 11 is 1.64. The average Bonchev–Trinajstić information content (AvgIpc) is 3.13. The van der Waals surface area contributed by atoms with Crippen LogP contribution in [0.5, 0.6) is 0 Å². The van der Waals surface area contributed by atoms with Crippen molar-refractivity contribution in [3.8, 4) is 6.07 Å². The Bertz CT molecular complexity index is 645. The predicted molar refractivity (Wildman–Crippen MR) is 70.5 cm³/mol. The van der Waals surface area contributed by atoms with Gasteiger partial charge in [0.05, 0.1) is 11.6 Å². The van der Waals surface area contributed by atoms with Crippen LogP contribution in [0.1, 0.15) is 22.0 Å². The Labute approximate surface area is 113 Å². The first-order valence-electron chi connectivity index (χ1n) is 5.64. The molecule has 3 aromatic rings. The van der Waals surface area contributed by atoms with Crippen LogP contribution in [0.2, 0.25) is 0 Å². The molecule has 0 fully saturated rings. The molecule has 0 amide bonds. The first-order chi connectivity index (χ1) is 9.38. The Kier molecular flexibility index (Phi) is 3.04. The normalized spacial score (nSPS) is 11.9. The number of nitrogens with zero attached hydrogens (tertiary/aromatic N) is 5. The first-order valence-corrected chi connectivity index (χ1v) is 6.52. The van der Waals surface area contributed by atoms with Gasteiger partial charge in [0, 0.05) is 4.88 Å². The Morgan fingerprint density at radius 3 is 2.63 bits per heavy atom. The van der Waals surface area contributed by atoms with Crippen LogP contribution < -0.4 is 0 Å². The number of hydrogen-bond acceptors (Lipinski definition) is 5. The van der Waals surface area contributed by atoms with Gasteiger partial charge in [-0.1, -0.05) is 18.2 Å². The highest BCUT2D eigenvalue weighted by Gasteiger charge is 2.19. The molecule has 0 aliphatic carbocycles. The third kappa shape index (κ3) is 2.23. The molecule has 2 heterocycles. The molecule has 19 heavy (non-hydrogen) atoms. The molecule has 0 spiro atoms. The van der Waals surface area contributed by atoms with E-state index in [0.29, 0.717) is 5.56 Å². The summed E-state index contributed by atoms with van der Waals surface area (Å²) in [7, 11) is 0. The van der Waals surface area contributed by atoms with Crippen molar-refractivity contribution >= 4 is 11.3 Å². The van der Waals surface area contributed by atoms with E-state index in [0.717, 1.165) is 10.4 Å². The first kappa shape index (κ1) is 11.6. The van der Waals surface area contributed by atoms with E-state index < -0.39 is 0 Å². The van der Waals surface area contributed by atoms with E-state index in [-0.39, 0.29) is 6.04 Å². The maximum Gasteiger partial charge on any atom is 0.162 e. The number of aromatic nitrogens is 4. The number of thiophene rings is 1. The molecule has 92 valence electrons. The molecular formula is C13H9N5S. The van der Waals surface area contributed by atoms with Gasteiger partial charge < -0.3 is 0 Å². The van der Waals surface area contributed by atoms with Crippen molar-refractivity contribution in [1.82, 2.24) is 20.2 Å². The van der Waals surface area contributed by atoms with Crippen molar-refractivity contribution in [2.75, 3.05) is 0 Å². The molecule has 0 bridgehead atoms. The quantitative estimate of drug-likeness (QED) is 0.730. The second-order valence-corrected chi connectivity index (χ2v) is 4.89. The summed E-state index contributed by atoms with van der Waals surface area (Å²) in [6.45, 7) is 0. The zero-order valence-electron chi connectivity index (χ0n) is 9.84. The maximum absolute atomic E-state index is 8.85. The van der Waals surface area contributed by atoms with E-state index in [1.165, 1.54) is 6.33 Å². The van der Waals surface area contributed by atoms with Gasteiger partial charge >= 0.3 is 0 Å². The molecule has 1 aromatic carbocycles. The summed E-state index contributed by atoms with van der Waals surface area (Å²) < 4.78 is 0. The molecule has 1 atom stereocenters. The Balaban J connectivity index is 2.07. The third-order valence-corrected chi connectivity index (χ3v) is 3.69. The molecule has 2 aromatic heterocycles. The smallest absolute Gasteiger partial charge is 0.162 e. The molecule has 0 radical (unpaired) electrons. The van der Waals surface area contributed by atoms with Gasteiger partial charge in [0.2, 0.25) is 0 Å². The van der Waals surface area contributed by atoms with Crippen molar-refractivity contribution in [1.29, 1.82) is 5.26 Å². The minimum atomic E-state index is -0.102. The lowest BCUT2D eigenvalue weighted by Crippen LogP contribution is -2.14. The van der Waals surface area contributed by atoms with Gasteiger partial charge in [0.15, 0.2) is 6.33 Å². The van der Waals surface area contributed by atoms with E-state index >= 15 is 0 Å². The Morgan fingerprint density at radius 2 is 2.05 bits per heavy atom. The maximum atomic E-state index is 8.85. The van der Waals surface area contributed by atoms with Gasteiger partial charge in [-0.05, 0) is 34.4 Å². The molecule has 5 nitrogen and oxygen atoms in total. The fourth-order valence-electron chi connectivity index (χ4n) is 1.89. The van der Waals surface area contributed by atoms with E-state index in [2.05, 4.69) is 21.5 Å². The van der Waals surface area contributed by atoms with Crippen LogP contribution in [0.15, 0.2) is 48.1 Å². The van der Waals surface area contributed by atoms with Crippen molar-refractivity contribution in [3.05, 3.63) is 64.1 Å². The van der Waals surface area contributed by atoms with Crippen LogP contribution in [0.25, 0.3) is 0 Å². The molecule has 0 aliphatic rings. The minimum absolute atomic E-state index is 0.102. The van der Waals surface area contributed by atoms with Crippen LogP contribution in [0, 0.1) is 11.3 Å². The molecular weight excluding hydrogens is 258 g/mol. The molecule has 1 unspecified atom stereocenters. The second kappa shape index (κ2) is 5.00. The topological polar surface area (TPSA) is 67.4 Å². The number of hydrogen-bond donors (Lipinski definition) is 0. The van der Waals surface area contributed by atoms with Crippen molar-refractivity contribution < 1.29 is 0 Å². The zero-order valence-corrected chi connectivity index (χ0v) is 10.7. The van der Waals surface area contributed by atoms with Crippen molar-refractivity contribution in [3.63, 3.8) is 0 Å². The Hall–Kier alpha value is -2.52. The lowest BCUT2D eigenvalue weighted by Gasteiger charge is -2.14. The van der Waals surface area contributed by atoms with Crippen LogP contribution in [0.4, 0.5) is 0 Å². The van der Waals surface area contributed by atoms with Gasteiger partial charge in [0.1, 0.15) is 6.04 Å². The molecule has 0 aliphatic heterocycles. The average molecular weight is 267 g/mol. The van der Waals surface area contributed by atoms with E-state index in [1.807, 2.05) is 29.6 Å². The van der Waals surface area contributed by atoms with Crippen LogP contribution in [-0.4, -0.2) is 20.2 Å². The number of nitriles is 1. The number of rotatable bonds is 3. The fraction of sp³-hybridized carbons (Fsp3) is 0.0769. The van der Waals surface area contributed by atoms with Crippen LogP contribution >= 0.6 is 11.3 Å². The molecule has 6 heteroatoms. The summed E-state index contributed by atoms with van der Waals surface area (Å²) in [6, 6.07) is 13.5.